The van der Waals surface area contributed by atoms with Crippen molar-refractivity contribution in [3.05, 3.63) is 69.9 Å². The number of benzene rings is 2. The van der Waals surface area contributed by atoms with Gasteiger partial charge in [-0.25, -0.2) is 0 Å². The van der Waals surface area contributed by atoms with Gasteiger partial charge in [-0.15, -0.1) is 0 Å². The summed E-state index contributed by atoms with van der Waals surface area (Å²) in [5, 5.41) is 0.654. The predicted octanol–water partition coefficient (Wildman–Crippen LogP) is 5.89. The van der Waals surface area contributed by atoms with Crippen LogP contribution < -0.4 is 9.47 Å². The Hall–Kier alpha value is -3.12. The van der Waals surface area contributed by atoms with Gasteiger partial charge >= 0.3 is 5.97 Å². The van der Waals surface area contributed by atoms with Gasteiger partial charge in [0, 0.05) is 39.9 Å². The van der Waals surface area contributed by atoms with Crippen LogP contribution in [-0.2, 0) is 14.3 Å². The largest absolute Gasteiger partial charge is 0.497 e. The molecule has 0 amide bonds. The molecule has 2 aromatic carbocycles. The van der Waals surface area contributed by atoms with E-state index in [0.29, 0.717) is 64.9 Å². The van der Waals surface area contributed by atoms with Gasteiger partial charge < -0.3 is 14.2 Å². The molecule has 0 N–H and O–H groups in total. The summed E-state index contributed by atoms with van der Waals surface area (Å²) in [5.41, 5.74) is 3.66. The molecule has 0 fully saturated rings. The highest BCUT2D eigenvalue weighted by Crippen LogP contribution is 2.49. The molecule has 1 unspecified atom stereocenters. The summed E-state index contributed by atoms with van der Waals surface area (Å²) in [5.74, 6) is -0.517. The van der Waals surface area contributed by atoms with Gasteiger partial charge in [0.2, 0.25) is 0 Å². The number of aliphatic imine (C=N–C) groups is 1. The third-order valence-corrected chi connectivity index (χ3v) is 6.96. The van der Waals surface area contributed by atoms with Crippen molar-refractivity contribution in [2.45, 2.75) is 44.9 Å². The Morgan fingerprint density at radius 3 is 2.49 bits per heavy atom. The van der Waals surface area contributed by atoms with Crippen LogP contribution >= 0.6 is 11.6 Å². The van der Waals surface area contributed by atoms with E-state index >= 15 is 0 Å². The monoisotopic (exact) mass is 495 g/mol. The normalized spacial score (nSPS) is 21.8. The summed E-state index contributed by atoms with van der Waals surface area (Å²) < 4.78 is 16.7. The molecule has 0 spiro atoms. The van der Waals surface area contributed by atoms with E-state index in [2.05, 4.69) is 0 Å². The van der Waals surface area contributed by atoms with Gasteiger partial charge in [0.15, 0.2) is 5.78 Å². The van der Waals surface area contributed by atoms with Crippen molar-refractivity contribution in [2.75, 3.05) is 20.8 Å². The highest BCUT2D eigenvalue weighted by atomic mass is 35.5. The van der Waals surface area contributed by atoms with Crippen LogP contribution in [0.2, 0.25) is 5.02 Å². The van der Waals surface area contributed by atoms with Gasteiger partial charge in [-0.1, -0.05) is 30.7 Å². The first-order valence-electron chi connectivity index (χ1n) is 11.8. The molecule has 1 aliphatic carbocycles. The number of nitrogens with zero attached hydrogens (tertiary/aromatic N) is 1. The van der Waals surface area contributed by atoms with Crippen molar-refractivity contribution in [3.8, 4) is 11.5 Å². The van der Waals surface area contributed by atoms with Gasteiger partial charge in [0.1, 0.15) is 17.4 Å². The maximum atomic E-state index is 13.7. The zero-order valence-electron chi connectivity index (χ0n) is 20.5. The topological polar surface area (TPSA) is 74.2 Å². The average molecular weight is 496 g/mol. The Bertz CT molecular complexity index is 1180. The van der Waals surface area contributed by atoms with E-state index in [0.717, 1.165) is 5.56 Å². The summed E-state index contributed by atoms with van der Waals surface area (Å²) in [6, 6.07) is 13.0. The van der Waals surface area contributed by atoms with Crippen molar-refractivity contribution < 1.29 is 23.8 Å². The van der Waals surface area contributed by atoms with Crippen molar-refractivity contribution in [2.24, 2.45) is 10.9 Å². The quantitative estimate of drug-likeness (QED) is 0.448. The molecule has 2 aromatic rings. The summed E-state index contributed by atoms with van der Waals surface area (Å²) in [4.78, 5) is 31.8. The number of allylic oxidation sites excluding steroid dienone is 2. The molecule has 0 saturated heterocycles. The minimum atomic E-state index is -0.725. The van der Waals surface area contributed by atoms with Crippen molar-refractivity contribution >= 4 is 29.1 Å². The predicted molar refractivity (Wildman–Crippen MR) is 136 cm³/mol. The number of Topliss-reactive ketones (excluding diaryl/α,β-unsaturated/α-hetero) is 1. The lowest BCUT2D eigenvalue weighted by Crippen LogP contribution is -2.38. The second-order valence-electron chi connectivity index (χ2n) is 8.92. The van der Waals surface area contributed by atoms with Crippen LogP contribution in [0.4, 0.5) is 0 Å². The number of rotatable bonds is 7. The fourth-order valence-corrected chi connectivity index (χ4v) is 5.17. The highest BCUT2D eigenvalue weighted by molar-refractivity contribution is 6.30. The first-order chi connectivity index (χ1) is 16.9. The highest BCUT2D eigenvalue weighted by Gasteiger charge is 2.45. The minimum Gasteiger partial charge on any atom is -0.497 e. The van der Waals surface area contributed by atoms with Crippen LogP contribution in [0.15, 0.2) is 58.7 Å². The van der Waals surface area contributed by atoms with Crippen molar-refractivity contribution in [3.63, 3.8) is 0 Å². The number of methoxy groups -OCH3 is 2. The summed E-state index contributed by atoms with van der Waals surface area (Å²) in [6.45, 7) is 4.08. The number of carbonyl (C=O) groups excluding carboxylic acids is 2. The van der Waals surface area contributed by atoms with E-state index < -0.39 is 11.8 Å². The Balaban J connectivity index is 1.84. The van der Waals surface area contributed by atoms with E-state index in [1.165, 1.54) is 0 Å². The zero-order chi connectivity index (χ0) is 25.1. The molecule has 3 atom stereocenters. The molecule has 184 valence electrons. The maximum Gasteiger partial charge on any atom is 0.315 e. The summed E-state index contributed by atoms with van der Waals surface area (Å²) in [7, 11) is 3.16. The number of ether oxygens (including phenoxy) is 3. The van der Waals surface area contributed by atoms with E-state index in [9.17, 15) is 9.59 Å². The van der Waals surface area contributed by atoms with Gasteiger partial charge in [0.25, 0.3) is 0 Å². The molecule has 1 aliphatic heterocycles. The zero-order valence-corrected chi connectivity index (χ0v) is 21.2. The number of ketones is 1. The van der Waals surface area contributed by atoms with Crippen molar-refractivity contribution in [1.29, 1.82) is 0 Å². The number of halogens is 1. The second-order valence-corrected chi connectivity index (χ2v) is 9.36. The van der Waals surface area contributed by atoms with E-state index in [4.69, 9.17) is 30.8 Å². The first-order valence-corrected chi connectivity index (χ1v) is 12.2. The van der Waals surface area contributed by atoms with Gasteiger partial charge in [-0.2, -0.15) is 0 Å². The fraction of sp³-hybridized carbons (Fsp3) is 0.393. The number of hydrogen-bond acceptors (Lipinski definition) is 6. The number of carbonyl (C=O) groups is 2. The SMILES string of the molecule is CCCOC(=O)C1C(C)=NC2=C(C(=O)C[C@@H](c3ccc(Cl)cc3)C2)[C@H]1c1cc(OC)ccc1OC. The Labute approximate surface area is 210 Å². The lowest BCUT2D eigenvalue weighted by molar-refractivity contribution is -0.146. The molecule has 0 radical (unpaired) electrons. The van der Waals surface area contributed by atoms with Gasteiger partial charge in [-0.3, -0.25) is 14.6 Å². The van der Waals surface area contributed by atoms with Crippen LogP contribution in [-0.4, -0.2) is 38.3 Å². The van der Waals surface area contributed by atoms with Crippen LogP contribution in [0.1, 0.15) is 56.1 Å². The Morgan fingerprint density at radius 1 is 1.09 bits per heavy atom. The van der Waals surface area contributed by atoms with Crippen LogP contribution in [0.5, 0.6) is 11.5 Å². The van der Waals surface area contributed by atoms with Gasteiger partial charge in [0.05, 0.1) is 20.8 Å². The summed E-state index contributed by atoms with van der Waals surface area (Å²) in [6.07, 6.45) is 1.63. The number of esters is 1. The first kappa shape index (κ1) is 25.0. The molecule has 2 aliphatic rings. The lowest BCUT2D eigenvalue weighted by Gasteiger charge is -2.37. The second kappa shape index (κ2) is 10.6. The van der Waals surface area contributed by atoms with E-state index in [1.807, 2.05) is 44.2 Å². The molecule has 0 saturated carbocycles. The third-order valence-electron chi connectivity index (χ3n) is 6.70. The van der Waals surface area contributed by atoms with Crippen molar-refractivity contribution in [1.82, 2.24) is 0 Å². The molecule has 0 bridgehead atoms. The molecular weight excluding hydrogens is 466 g/mol. The third kappa shape index (κ3) is 4.98. The Kier molecular flexibility index (Phi) is 7.60. The van der Waals surface area contributed by atoms with Crippen LogP contribution in [0.3, 0.4) is 0 Å². The van der Waals surface area contributed by atoms with Gasteiger partial charge in [-0.05, 0) is 61.6 Å². The van der Waals surface area contributed by atoms with E-state index in [1.54, 1.807) is 26.4 Å². The van der Waals surface area contributed by atoms with E-state index in [-0.39, 0.29) is 17.7 Å². The molecule has 1 heterocycles. The molecule has 35 heavy (non-hydrogen) atoms. The molecule has 0 aromatic heterocycles. The smallest absolute Gasteiger partial charge is 0.315 e. The lowest BCUT2D eigenvalue weighted by atomic mass is 9.69. The Morgan fingerprint density at radius 2 is 1.83 bits per heavy atom. The van der Waals surface area contributed by atoms with Crippen LogP contribution in [0.25, 0.3) is 0 Å². The molecule has 6 nitrogen and oxygen atoms in total. The molecule has 4 rings (SSSR count). The average Bonchev–Trinajstić information content (AvgIpc) is 2.86. The number of hydrogen-bond donors (Lipinski definition) is 0. The summed E-state index contributed by atoms with van der Waals surface area (Å²) >= 11 is 6.07. The standard InChI is InChI=1S/C28H30ClNO5/c1-5-12-35-28(32)25-16(2)30-22-13-18(17-6-8-19(29)9-7-17)14-23(31)27(22)26(25)21-15-20(33-3)10-11-24(21)34-4/h6-11,15,18,25-26H,5,12-14H2,1-4H3/t18-,25?,26-/m0/s1. The van der Waals surface area contributed by atoms with Crippen LogP contribution in [0, 0.1) is 5.92 Å². The minimum absolute atomic E-state index is 0.00786. The molecule has 7 heteroatoms. The fourth-order valence-electron chi connectivity index (χ4n) is 5.05. The molecular formula is C28H30ClNO5. The maximum absolute atomic E-state index is 13.7.